The second-order valence-corrected chi connectivity index (χ2v) is 16.7. The fourth-order valence-electron chi connectivity index (χ4n) is 6.62. The summed E-state index contributed by atoms with van der Waals surface area (Å²) in [6.07, 6.45) is 4.72. The van der Waals surface area contributed by atoms with Gasteiger partial charge in [-0.05, 0) is 57.3 Å². The van der Waals surface area contributed by atoms with Crippen molar-refractivity contribution in [2.45, 2.75) is 134 Å². The monoisotopic (exact) mass is 840 g/mol. The van der Waals surface area contributed by atoms with Crippen molar-refractivity contribution in [2.75, 3.05) is 25.4 Å². The first-order valence-corrected chi connectivity index (χ1v) is 21.1. The molecule has 328 valence electrons. The fraction of sp³-hybridized carbons (Fsp3) is 0.757. The SMILES string of the molecule is CC[C@H](C)[C@H](NC(=O)C(CC(=O)NO)CC(C)C)C(=O)N[C@@H](C)C(=O)NCC(=O)NCC(=O)N[C@@H](CCCCNC(=O)CCCC[C@@H]1SC[C@@H]2NC(=O)N[C@@H]21)C(N)=O. The summed E-state index contributed by atoms with van der Waals surface area (Å²) in [6.45, 7) is 8.06. The molecule has 0 saturated carbocycles. The third-order valence-electron chi connectivity index (χ3n) is 10.1. The van der Waals surface area contributed by atoms with Crippen LogP contribution in [0.4, 0.5) is 4.79 Å². The minimum atomic E-state index is -1.11. The Hall–Kier alpha value is -4.66. The van der Waals surface area contributed by atoms with Crippen molar-refractivity contribution in [3.8, 4) is 0 Å². The second-order valence-electron chi connectivity index (χ2n) is 15.4. The molecule has 21 heteroatoms. The summed E-state index contributed by atoms with van der Waals surface area (Å²) in [6, 6.07) is -2.95. The fourth-order valence-corrected chi connectivity index (χ4v) is 8.16. The summed E-state index contributed by atoms with van der Waals surface area (Å²) in [5.74, 6) is -5.08. The molecule has 0 aromatic carbocycles. The predicted molar refractivity (Wildman–Crippen MR) is 214 cm³/mol. The van der Waals surface area contributed by atoms with Gasteiger partial charge in [0.05, 0.1) is 25.2 Å². The number of thioether (sulfide) groups is 1. The smallest absolute Gasteiger partial charge is 0.315 e. The number of nitrogens with one attached hydrogen (secondary N) is 9. The Bertz CT molecular complexity index is 1450. The lowest BCUT2D eigenvalue weighted by atomic mass is 9.91. The normalized spacial score (nSPS) is 19.5. The van der Waals surface area contributed by atoms with E-state index in [4.69, 9.17) is 10.9 Å². The Morgan fingerprint density at radius 1 is 0.810 bits per heavy atom. The maximum Gasteiger partial charge on any atom is 0.315 e. The highest BCUT2D eigenvalue weighted by Crippen LogP contribution is 2.33. The molecule has 10 amide bonds. The van der Waals surface area contributed by atoms with Crippen molar-refractivity contribution in [3.05, 3.63) is 0 Å². The summed E-state index contributed by atoms with van der Waals surface area (Å²) < 4.78 is 0. The van der Waals surface area contributed by atoms with E-state index in [2.05, 4.69) is 42.5 Å². The van der Waals surface area contributed by atoms with Gasteiger partial charge in [-0.1, -0.05) is 40.5 Å². The van der Waals surface area contributed by atoms with E-state index in [1.54, 1.807) is 6.92 Å². The number of rotatable bonds is 27. The van der Waals surface area contributed by atoms with E-state index in [0.717, 1.165) is 25.0 Å². The van der Waals surface area contributed by atoms with Crippen molar-refractivity contribution in [3.63, 3.8) is 0 Å². The number of hydrogen-bond acceptors (Lipinski definition) is 11. The standard InChI is InChI=1S/C37H64N10O10S/c1-6-21(4)31(45-35(54)23(15-20(2)3)16-28(49)47-57)36(55)42-22(5)34(53)41-17-29(50)40-18-30(51)43-24(33(38)52)11-9-10-14-39-27(48)13-8-7-12-26-32-25(19-58-26)44-37(56)46-32/h20-26,31-32,57H,6-19H2,1-5H3,(H2,38,52)(H,39,48)(H,40,50)(H,41,53)(H,42,55)(H,43,51)(H,45,54)(H,47,49)(H2,44,46,56)/t21-,22-,23?,24-,25-,26-,31-,32-/m0/s1. The van der Waals surface area contributed by atoms with Gasteiger partial charge in [0.1, 0.15) is 18.1 Å². The van der Waals surface area contributed by atoms with Gasteiger partial charge < -0.3 is 48.3 Å². The Kier molecular flexibility index (Phi) is 21.9. The van der Waals surface area contributed by atoms with Crippen LogP contribution >= 0.6 is 11.8 Å². The van der Waals surface area contributed by atoms with Gasteiger partial charge >= 0.3 is 6.03 Å². The zero-order valence-corrected chi connectivity index (χ0v) is 35.0. The lowest BCUT2D eigenvalue weighted by molar-refractivity contribution is -0.137. The summed E-state index contributed by atoms with van der Waals surface area (Å²) in [5, 5.41) is 30.4. The van der Waals surface area contributed by atoms with Crippen LogP contribution in [0.1, 0.15) is 98.8 Å². The molecule has 0 spiro atoms. The summed E-state index contributed by atoms with van der Waals surface area (Å²) in [5.41, 5.74) is 6.98. The highest BCUT2D eigenvalue weighted by molar-refractivity contribution is 8.00. The molecule has 2 saturated heterocycles. The number of hydroxylamine groups is 1. The first-order chi connectivity index (χ1) is 27.4. The number of fused-ring (bicyclic) bond motifs is 1. The number of nitrogens with two attached hydrogens (primary N) is 1. The molecule has 8 atom stereocenters. The number of primary amides is 1. The van der Waals surface area contributed by atoms with Crippen LogP contribution in [0.15, 0.2) is 0 Å². The molecule has 0 aromatic heterocycles. The van der Waals surface area contributed by atoms with Crippen LogP contribution in [0.25, 0.3) is 0 Å². The number of unbranched alkanes of at least 4 members (excludes halogenated alkanes) is 2. The van der Waals surface area contributed by atoms with Crippen molar-refractivity contribution < 1.29 is 48.4 Å². The first-order valence-electron chi connectivity index (χ1n) is 20.1. The van der Waals surface area contributed by atoms with Gasteiger partial charge in [-0.3, -0.25) is 43.6 Å². The van der Waals surface area contributed by atoms with E-state index in [1.807, 2.05) is 32.5 Å². The van der Waals surface area contributed by atoms with Crippen molar-refractivity contribution >= 4 is 65.1 Å². The van der Waals surface area contributed by atoms with Crippen LogP contribution < -0.4 is 53.7 Å². The molecule has 2 aliphatic heterocycles. The number of amides is 10. The molecule has 58 heavy (non-hydrogen) atoms. The number of urea groups is 1. The summed E-state index contributed by atoms with van der Waals surface area (Å²) in [7, 11) is 0. The molecule has 0 aromatic rings. The van der Waals surface area contributed by atoms with Crippen LogP contribution in [0.5, 0.6) is 0 Å². The van der Waals surface area contributed by atoms with Crippen LogP contribution in [-0.2, 0) is 38.4 Å². The Labute approximate surface area is 343 Å². The Balaban J connectivity index is 1.66. The quantitative estimate of drug-likeness (QED) is 0.0202. The molecular weight excluding hydrogens is 777 g/mol. The van der Waals surface area contributed by atoms with Crippen molar-refractivity contribution in [1.29, 1.82) is 0 Å². The molecular formula is C37H64N10O10S. The van der Waals surface area contributed by atoms with Crippen LogP contribution in [0, 0.1) is 17.8 Å². The lowest BCUT2D eigenvalue weighted by Crippen LogP contribution is -2.56. The minimum absolute atomic E-state index is 0.0456. The molecule has 2 aliphatic rings. The molecule has 2 heterocycles. The van der Waals surface area contributed by atoms with Gasteiger partial charge in [-0.2, -0.15) is 11.8 Å². The average Bonchev–Trinajstić information content (AvgIpc) is 3.73. The van der Waals surface area contributed by atoms with E-state index in [-0.39, 0.29) is 48.7 Å². The first kappa shape index (κ1) is 49.5. The topological polar surface area (TPSA) is 308 Å². The van der Waals surface area contributed by atoms with Gasteiger partial charge in [0.15, 0.2) is 0 Å². The zero-order chi connectivity index (χ0) is 43.4. The maximum absolute atomic E-state index is 13.2. The van der Waals surface area contributed by atoms with Gasteiger partial charge in [0.2, 0.25) is 47.3 Å². The Morgan fingerprint density at radius 3 is 2.17 bits per heavy atom. The van der Waals surface area contributed by atoms with Crippen molar-refractivity contribution in [1.82, 2.24) is 48.0 Å². The highest BCUT2D eigenvalue weighted by Gasteiger charge is 2.42. The van der Waals surface area contributed by atoms with E-state index in [0.29, 0.717) is 43.9 Å². The number of hydrogen-bond donors (Lipinski definition) is 11. The molecule has 0 bridgehead atoms. The summed E-state index contributed by atoms with van der Waals surface area (Å²) >= 11 is 1.84. The maximum atomic E-state index is 13.2. The molecule has 0 radical (unpaired) electrons. The molecule has 20 nitrogen and oxygen atoms in total. The van der Waals surface area contributed by atoms with E-state index in [1.165, 1.54) is 12.4 Å². The summed E-state index contributed by atoms with van der Waals surface area (Å²) in [4.78, 5) is 111. The minimum Gasteiger partial charge on any atom is -0.368 e. The van der Waals surface area contributed by atoms with Crippen molar-refractivity contribution in [2.24, 2.45) is 23.5 Å². The van der Waals surface area contributed by atoms with Crippen LogP contribution in [-0.4, -0.2) is 119 Å². The van der Waals surface area contributed by atoms with Crippen LogP contribution in [0.3, 0.4) is 0 Å². The number of carbonyl (C=O) groups excluding carboxylic acids is 9. The largest absolute Gasteiger partial charge is 0.368 e. The molecule has 0 aliphatic carbocycles. The van der Waals surface area contributed by atoms with Gasteiger partial charge in [-0.25, -0.2) is 10.3 Å². The van der Waals surface area contributed by atoms with E-state index >= 15 is 0 Å². The number of carbonyl (C=O) groups is 9. The zero-order valence-electron chi connectivity index (χ0n) is 34.2. The molecule has 1 unspecified atom stereocenters. The van der Waals surface area contributed by atoms with E-state index < -0.39 is 78.5 Å². The predicted octanol–water partition coefficient (Wildman–Crippen LogP) is -1.21. The molecule has 12 N–H and O–H groups in total. The third kappa shape index (κ3) is 17.9. The Morgan fingerprint density at radius 2 is 1.52 bits per heavy atom. The molecule has 2 rings (SSSR count). The molecule has 2 fully saturated rings. The average molecular weight is 841 g/mol. The van der Waals surface area contributed by atoms with Gasteiger partial charge in [-0.15, -0.1) is 0 Å². The second kappa shape index (κ2) is 25.6. The van der Waals surface area contributed by atoms with Gasteiger partial charge in [0, 0.05) is 36.3 Å². The highest BCUT2D eigenvalue weighted by atomic mass is 32.2. The van der Waals surface area contributed by atoms with Gasteiger partial charge in [0.25, 0.3) is 0 Å². The third-order valence-corrected chi connectivity index (χ3v) is 11.6. The van der Waals surface area contributed by atoms with E-state index in [9.17, 15) is 43.2 Å². The van der Waals surface area contributed by atoms with Crippen LogP contribution in [0.2, 0.25) is 0 Å². The lowest BCUT2D eigenvalue weighted by Gasteiger charge is -2.27.